The van der Waals surface area contributed by atoms with Crippen molar-refractivity contribution in [2.24, 2.45) is 4.99 Å². The highest BCUT2D eigenvalue weighted by molar-refractivity contribution is 8.14. The zero-order chi connectivity index (χ0) is 18.2. The Bertz CT molecular complexity index is 934. The van der Waals surface area contributed by atoms with Crippen LogP contribution < -0.4 is 0 Å². The Balaban J connectivity index is 1.56. The van der Waals surface area contributed by atoms with E-state index in [1.54, 1.807) is 6.26 Å². The first kappa shape index (κ1) is 16.7. The second-order valence-corrected chi connectivity index (χ2v) is 7.96. The first-order valence-electron chi connectivity index (χ1n) is 9.42. The van der Waals surface area contributed by atoms with Crippen molar-refractivity contribution in [2.75, 3.05) is 5.75 Å². The SMILES string of the molecule is CC[C@@H]1CSC2=N[C@@H](c3ccccn3)[C@H](c3cccn3Cc3ccco3)N21. The lowest BCUT2D eigenvalue weighted by Gasteiger charge is -2.32. The fraction of sp³-hybridized carbons (Fsp3) is 0.333. The van der Waals surface area contributed by atoms with Gasteiger partial charge in [0.1, 0.15) is 11.8 Å². The summed E-state index contributed by atoms with van der Waals surface area (Å²) in [5.74, 6) is 2.07. The number of aliphatic imine (C=N–C) groups is 1. The molecule has 0 aliphatic carbocycles. The van der Waals surface area contributed by atoms with Crippen LogP contribution in [0.5, 0.6) is 0 Å². The number of pyridine rings is 1. The zero-order valence-electron chi connectivity index (χ0n) is 15.2. The van der Waals surface area contributed by atoms with Crippen molar-refractivity contribution in [3.05, 3.63) is 78.3 Å². The van der Waals surface area contributed by atoms with Crippen molar-refractivity contribution in [3.8, 4) is 0 Å². The molecule has 3 aromatic heterocycles. The van der Waals surface area contributed by atoms with Gasteiger partial charge in [-0.15, -0.1) is 0 Å². The van der Waals surface area contributed by atoms with Crippen LogP contribution in [0.4, 0.5) is 0 Å². The minimum Gasteiger partial charge on any atom is -0.467 e. The first-order chi connectivity index (χ1) is 13.3. The van der Waals surface area contributed by atoms with Gasteiger partial charge in [-0.2, -0.15) is 0 Å². The quantitative estimate of drug-likeness (QED) is 0.656. The Morgan fingerprint density at radius 1 is 1.19 bits per heavy atom. The molecule has 0 N–H and O–H groups in total. The van der Waals surface area contributed by atoms with Crippen molar-refractivity contribution < 1.29 is 4.42 Å². The van der Waals surface area contributed by atoms with Crippen LogP contribution >= 0.6 is 11.8 Å². The van der Waals surface area contributed by atoms with Crippen LogP contribution in [-0.2, 0) is 6.54 Å². The summed E-state index contributed by atoms with van der Waals surface area (Å²) in [5, 5.41) is 1.16. The van der Waals surface area contributed by atoms with Crippen molar-refractivity contribution in [2.45, 2.75) is 38.0 Å². The average Bonchev–Trinajstić information content (AvgIpc) is 3.47. The predicted octanol–water partition coefficient (Wildman–Crippen LogP) is 4.50. The van der Waals surface area contributed by atoms with Crippen molar-refractivity contribution >= 4 is 16.9 Å². The molecule has 0 spiro atoms. The lowest BCUT2D eigenvalue weighted by molar-refractivity contribution is 0.245. The summed E-state index contributed by atoms with van der Waals surface area (Å²) in [6.45, 7) is 3.00. The van der Waals surface area contributed by atoms with Crippen molar-refractivity contribution in [1.82, 2.24) is 14.5 Å². The molecule has 0 amide bonds. The number of hydrogen-bond donors (Lipinski definition) is 0. The number of aromatic nitrogens is 2. The molecule has 0 bridgehead atoms. The van der Waals surface area contributed by atoms with Crippen LogP contribution in [-0.4, -0.2) is 31.4 Å². The molecule has 5 nitrogen and oxygen atoms in total. The number of amidine groups is 1. The van der Waals surface area contributed by atoms with Crippen LogP contribution in [0.1, 0.15) is 42.6 Å². The molecule has 1 fully saturated rings. The fourth-order valence-electron chi connectivity index (χ4n) is 4.08. The zero-order valence-corrected chi connectivity index (χ0v) is 16.0. The summed E-state index contributed by atoms with van der Waals surface area (Å²) in [6, 6.07) is 15.1. The molecule has 3 atom stereocenters. The number of thioether (sulfide) groups is 1. The lowest BCUT2D eigenvalue weighted by atomic mass is 9.99. The van der Waals surface area contributed by atoms with E-state index in [2.05, 4.69) is 51.8 Å². The van der Waals surface area contributed by atoms with Gasteiger partial charge >= 0.3 is 0 Å². The van der Waals surface area contributed by atoms with Crippen LogP contribution in [0.15, 0.2) is 70.5 Å². The second kappa shape index (κ2) is 6.93. The van der Waals surface area contributed by atoms with Gasteiger partial charge in [-0.05, 0) is 42.8 Å². The molecule has 5 heterocycles. The largest absolute Gasteiger partial charge is 0.467 e. The van der Waals surface area contributed by atoms with Gasteiger partial charge in [-0.1, -0.05) is 24.8 Å². The molecule has 3 aromatic rings. The molecule has 0 unspecified atom stereocenters. The van der Waals surface area contributed by atoms with E-state index in [9.17, 15) is 0 Å². The normalized spacial score (nSPS) is 24.3. The van der Waals surface area contributed by atoms with E-state index < -0.39 is 0 Å². The molecule has 2 aliphatic heterocycles. The summed E-state index contributed by atoms with van der Waals surface area (Å²) in [5.41, 5.74) is 2.30. The van der Waals surface area contributed by atoms with Crippen LogP contribution in [0.3, 0.4) is 0 Å². The minimum absolute atomic E-state index is 0.0216. The van der Waals surface area contributed by atoms with E-state index in [-0.39, 0.29) is 12.1 Å². The van der Waals surface area contributed by atoms with E-state index in [0.717, 1.165) is 35.3 Å². The summed E-state index contributed by atoms with van der Waals surface area (Å²) >= 11 is 1.88. The van der Waals surface area contributed by atoms with Crippen LogP contribution in [0.2, 0.25) is 0 Å². The van der Waals surface area contributed by atoms with Gasteiger partial charge in [0.25, 0.3) is 0 Å². The molecule has 0 aromatic carbocycles. The summed E-state index contributed by atoms with van der Waals surface area (Å²) in [6.07, 6.45) is 6.85. The topological polar surface area (TPSA) is 46.6 Å². The van der Waals surface area contributed by atoms with Gasteiger partial charge in [-0.3, -0.25) is 9.98 Å². The molecule has 1 saturated heterocycles. The standard InChI is InChI=1S/C21H22N4OS/c1-2-15-14-27-21-23-19(17-8-3-4-10-22-17)20(25(15)21)18-9-5-11-24(18)13-16-7-6-12-26-16/h3-12,15,19-20H,2,13-14H2,1H3/t15-,19+,20+/m1/s1. The van der Waals surface area contributed by atoms with Crippen molar-refractivity contribution in [1.29, 1.82) is 0 Å². The van der Waals surface area contributed by atoms with E-state index >= 15 is 0 Å². The summed E-state index contributed by atoms with van der Waals surface area (Å²) in [7, 11) is 0. The Morgan fingerprint density at radius 2 is 2.15 bits per heavy atom. The molecular formula is C21H22N4OS. The Hall–Kier alpha value is -2.47. The highest BCUT2D eigenvalue weighted by Crippen LogP contribution is 2.48. The maximum absolute atomic E-state index is 5.59. The summed E-state index contributed by atoms with van der Waals surface area (Å²) < 4.78 is 7.87. The predicted molar refractivity (Wildman–Crippen MR) is 108 cm³/mol. The van der Waals surface area contributed by atoms with Gasteiger partial charge in [0.05, 0.1) is 24.5 Å². The Morgan fingerprint density at radius 3 is 2.93 bits per heavy atom. The van der Waals surface area contributed by atoms with E-state index in [1.165, 1.54) is 5.69 Å². The third kappa shape index (κ3) is 2.88. The molecule has 0 saturated carbocycles. The number of furan rings is 1. The maximum atomic E-state index is 5.59. The molecule has 27 heavy (non-hydrogen) atoms. The average molecular weight is 379 g/mol. The van der Waals surface area contributed by atoms with Crippen molar-refractivity contribution in [3.63, 3.8) is 0 Å². The van der Waals surface area contributed by atoms with E-state index in [0.29, 0.717) is 6.04 Å². The number of rotatable bonds is 5. The monoisotopic (exact) mass is 378 g/mol. The Kier molecular flexibility index (Phi) is 4.28. The van der Waals surface area contributed by atoms with Gasteiger partial charge < -0.3 is 13.9 Å². The molecule has 2 aliphatic rings. The highest BCUT2D eigenvalue weighted by atomic mass is 32.2. The first-order valence-corrected chi connectivity index (χ1v) is 10.4. The summed E-state index contributed by atoms with van der Waals surface area (Å²) in [4.78, 5) is 12.3. The Labute approximate surface area is 163 Å². The number of fused-ring (bicyclic) bond motifs is 1. The third-order valence-electron chi connectivity index (χ3n) is 5.40. The van der Waals surface area contributed by atoms with Crippen LogP contribution in [0.25, 0.3) is 0 Å². The highest BCUT2D eigenvalue weighted by Gasteiger charge is 2.46. The lowest BCUT2D eigenvalue weighted by Crippen LogP contribution is -2.36. The van der Waals surface area contributed by atoms with Gasteiger partial charge in [0.15, 0.2) is 5.17 Å². The van der Waals surface area contributed by atoms with Crippen LogP contribution in [0, 0.1) is 0 Å². The number of nitrogens with zero attached hydrogens (tertiary/aromatic N) is 4. The molecule has 138 valence electrons. The van der Waals surface area contributed by atoms with Gasteiger partial charge in [-0.25, -0.2) is 0 Å². The maximum Gasteiger partial charge on any atom is 0.160 e. The van der Waals surface area contributed by atoms with Gasteiger partial charge in [0, 0.05) is 29.9 Å². The van der Waals surface area contributed by atoms with Gasteiger partial charge in [0.2, 0.25) is 0 Å². The smallest absolute Gasteiger partial charge is 0.160 e. The minimum atomic E-state index is 0.0216. The van der Waals surface area contributed by atoms with E-state index in [4.69, 9.17) is 9.41 Å². The third-order valence-corrected chi connectivity index (χ3v) is 6.53. The second-order valence-electron chi connectivity index (χ2n) is 6.98. The molecular weight excluding hydrogens is 356 g/mol. The number of hydrogen-bond acceptors (Lipinski definition) is 5. The fourth-order valence-corrected chi connectivity index (χ4v) is 5.42. The molecule has 0 radical (unpaired) electrons. The molecule has 5 rings (SSSR count). The van der Waals surface area contributed by atoms with E-state index in [1.807, 2.05) is 36.2 Å². The molecule has 6 heteroatoms.